The van der Waals surface area contributed by atoms with Gasteiger partial charge >= 0.3 is 0 Å². The van der Waals surface area contributed by atoms with Crippen molar-refractivity contribution in [3.63, 3.8) is 0 Å². The smallest absolute Gasteiger partial charge is 0.269 e. The highest BCUT2D eigenvalue weighted by Crippen LogP contribution is 2.07. The summed E-state index contributed by atoms with van der Waals surface area (Å²) in [7, 11) is 0. The van der Waals surface area contributed by atoms with Gasteiger partial charge in [-0.25, -0.2) is 9.37 Å². The molecule has 1 atom stereocenters. The lowest BCUT2D eigenvalue weighted by Crippen LogP contribution is -2.31. The van der Waals surface area contributed by atoms with Gasteiger partial charge in [0.05, 0.1) is 6.20 Å². The van der Waals surface area contributed by atoms with Gasteiger partial charge in [-0.3, -0.25) is 4.79 Å². The van der Waals surface area contributed by atoms with Gasteiger partial charge in [-0.2, -0.15) is 0 Å². The number of aromatic nitrogens is 1. The minimum atomic E-state index is -0.434. The molecule has 1 amide bonds. The van der Waals surface area contributed by atoms with Crippen LogP contribution in [0.1, 0.15) is 29.8 Å². The fourth-order valence-electron chi connectivity index (χ4n) is 1.96. The van der Waals surface area contributed by atoms with Crippen LogP contribution in [0, 0.1) is 5.82 Å². The summed E-state index contributed by atoms with van der Waals surface area (Å²) in [6.07, 6.45) is 4.35. The highest BCUT2D eigenvalue weighted by molar-refractivity contribution is 5.92. The van der Waals surface area contributed by atoms with Crippen molar-refractivity contribution in [2.75, 3.05) is 13.1 Å². The van der Waals surface area contributed by atoms with Crippen LogP contribution in [0.4, 0.5) is 4.39 Å². The molecule has 0 aliphatic carbocycles. The molecule has 4 nitrogen and oxygen atoms in total. The first-order valence-corrected chi connectivity index (χ1v) is 5.89. The van der Waals surface area contributed by atoms with E-state index in [0.717, 1.165) is 19.2 Å². The molecule has 1 fully saturated rings. The average Bonchev–Trinajstić information content (AvgIpc) is 2.83. The fourth-order valence-corrected chi connectivity index (χ4v) is 1.96. The summed E-state index contributed by atoms with van der Waals surface area (Å²) in [6, 6.07) is 3.13. The van der Waals surface area contributed by atoms with E-state index in [2.05, 4.69) is 15.6 Å². The number of nitrogens with one attached hydrogen (secondary N) is 2. The van der Waals surface area contributed by atoms with E-state index in [1.165, 1.54) is 25.0 Å². The van der Waals surface area contributed by atoms with Crippen molar-refractivity contribution in [2.24, 2.45) is 0 Å². The summed E-state index contributed by atoms with van der Waals surface area (Å²) >= 11 is 0. The van der Waals surface area contributed by atoms with Gasteiger partial charge in [0, 0.05) is 12.6 Å². The molecule has 1 aliphatic rings. The number of amides is 1. The minimum absolute atomic E-state index is 0. The summed E-state index contributed by atoms with van der Waals surface area (Å²) in [6.45, 7) is 1.69. The van der Waals surface area contributed by atoms with Crippen molar-refractivity contribution in [1.29, 1.82) is 0 Å². The Bertz CT molecular complexity index is 379. The van der Waals surface area contributed by atoms with Gasteiger partial charge in [-0.05, 0) is 37.9 Å². The molecule has 1 aromatic rings. The van der Waals surface area contributed by atoms with Crippen LogP contribution in [0.3, 0.4) is 0 Å². The minimum Gasteiger partial charge on any atom is -0.351 e. The predicted molar refractivity (Wildman–Crippen MR) is 69.4 cm³/mol. The summed E-state index contributed by atoms with van der Waals surface area (Å²) in [5, 5.41) is 6.14. The van der Waals surface area contributed by atoms with Crippen molar-refractivity contribution < 1.29 is 9.18 Å². The Balaban J connectivity index is 0.00000162. The quantitative estimate of drug-likeness (QED) is 0.874. The van der Waals surface area contributed by atoms with Gasteiger partial charge in [0.25, 0.3) is 5.91 Å². The fraction of sp³-hybridized carbons (Fsp3) is 0.500. The molecule has 1 saturated heterocycles. The van der Waals surface area contributed by atoms with Crippen LogP contribution < -0.4 is 10.6 Å². The zero-order chi connectivity index (χ0) is 12.1. The van der Waals surface area contributed by atoms with Gasteiger partial charge in [-0.15, -0.1) is 12.4 Å². The first-order valence-electron chi connectivity index (χ1n) is 5.89. The van der Waals surface area contributed by atoms with E-state index < -0.39 is 5.82 Å². The van der Waals surface area contributed by atoms with Gasteiger partial charge in [-0.1, -0.05) is 0 Å². The molecule has 0 unspecified atom stereocenters. The van der Waals surface area contributed by atoms with Gasteiger partial charge in [0.1, 0.15) is 11.5 Å². The SMILES string of the molecule is Cl.O=C(NCC[C@H]1CCCN1)c1ccc(F)cn1. The first-order chi connectivity index (χ1) is 8.25. The molecule has 0 radical (unpaired) electrons. The van der Waals surface area contributed by atoms with Crippen molar-refractivity contribution in [2.45, 2.75) is 25.3 Å². The third-order valence-corrected chi connectivity index (χ3v) is 2.90. The van der Waals surface area contributed by atoms with Gasteiger partial charge < -0.3 is 10.6 Å². The summed E-state index contributed by atoms with van der Waals surface area (Å²) < 4.78 is 12.6. The lowest BCUT2D eigenvalue weighted by atomic mass is 10.1. The molecular formula is C12H17ClFN3O. The first kappa shape index (κ1) is 14.9. The molecule has 1 aliphatic heterocycles. The number of carbonyl (C=O) groups is 1. The lowest BCUT2D eigenvalue weighted by molar-refractivity contribution is 0.0947. The summed E-state index contributed by atoms with van der Waals surface area (Å²) in [5.74, 6) is -0.681. The molecule has 0 saturated carbocycles. The Hall–Kier alpha value is -1.20. The van der Waals surface area contributed by atoms with E-state index in [9.17, 15) is 9.18 Å². The number of hydrogen-bond acceptors (Lipinski definition) is 3. The second-order valence-corrected chi connectivity index (χ2v) is 4.20. The molecule has 0 bridgehead atoms. The second-order valence-electron chi connectivity index (χ2n) is 4.20. The maximum Gasteiger partial charge on any atom is 0.269 e. The third kappa shape index (κ3) is 4.23. The van der Waals surface area contributed by atoms with E-state index >= 15 is 0 Å². The zero-order valence-corrected chi connectivity index (χ0v) is 10.8. The molecule has 18 heavy (non-hydrogen) atoms. The van der Waals surface area contributed by atoms with Crippen LogP contribution >= 0.6 is 12.4 Å². The summed E-state index contributed by atoms with van der Waals surface area (Å²) in [5.41, 5.74) is 0.255. The maximum atomic E-state index is 12.6. The van der Waals surface area contributed by atoms with Crippen LogP contribution in [0.5, 0.6) is 0 Å². The number of carbonyl (C=O) groups excluding carboxylic acids is 1. The Kier molecular flexibility index (Phi) is 6.01. The number of rotatable bonds is 4. The maximum absolute atomic E-state index is 12.6. The van der Waals surface area contributed by atoms with Crippen LogP contribution in [0.25, 0.3) is 0 Å². The third-order valence-electron chi connectivity index (χ3n) is 2.90. The van der Waals surface area contributed by atoms with Crippen molar-refractivity contribution in [3.8, 4) is 0 Å². The van der Waals surface area contributed by atoms with Crippen LogP contribution in [0.2, 0.25) is 0 Å². The highest BCUT2D eigenvalue weighted by Gasteiger charge is 2.14. The molecule has 1 aromatic heterocycles. The largest absolute Gasteiger partial charge is 0.351 e. The van der Waals surface area contributed by atoms with Crippen molar-refractivity contribution in [1.82, 2.24) is 15.6 Å². The van der Waals surface area contributed by atoms with E-state index in [0.29, 0.717) is 12.6 Å². The Morgan fingerprint density at radius 2 is 2.39 bits per heavy atom. The monoisotopic (exact) mass is 273 g/mol. The van der Waals surface area contributed by atoms with Gasteiger partial charge in [0.15, 0.2) is 0 Å². The molecule has 2 N–H and O–H groups in total. The van der Waals surface area contributed by atoms with Crippen molar-refractivity contribution in [3.05, 3.63) is 29.8 Å². The molecule has 0 spiro atoms. The molecule has 2 rings (SSSR count). The Morgan fingerprint density at radius 3 is 3.00 bits per heavy atom. The number of pyridine rings is 1. The second kappa shape index (κ2) is 7.28. The predicted octanol–water partition coefficient (Wildman–Crippen LogP) is 1.51. The van der Waals surface area contributed by atoms with Crippen LogP contribution in [-0.2, 0) is 0 Å². The van der Waals surface area contributed by atoms with E-state index in [1.54, 1.807) is 0 Å². The topological polar surface area (TPSA) is 54.0 Å². The lowest BCUT2D eigenvalue weighted by Gasteiger charge is -2.10. The van der Waals surface area contributed by atoms with Gasteiger partial charge in [0.2, 0.25) is 0 Å². The standard InChI is InChI=1S/C12H16FN3O.ClH/c13-9-3-4-11(16-8-9)12(17)15-7-5-10-2-1-6-14-10;/h3-4,8,10,14H,1-2,5-7H2,(H,15,17);1H/t10-;/m1./s1. The molecule has 6 heteroatoms. The molecule has 0 aromatic carbocycles. The average molecular weight is 274 g/mol. The zero-order valence-electron chi connectivity index (χ0n) is 9.99. The number of hydrogen-bond donors (Lipinski definition) is 2. The molecular weight excluding hydrogens is 257 g/mol. The van der Waals surface area contributed by atoms with Crippen molar-refractivity contribution >= 4 is 18.3 Å². The Morgan fingerprint density at radius 1 is 1.56 bits per heavy atom. The normalized spacial score (nSPS) is 18.2. The number of nitrogens with zero attached hydrogens (tertiary/aromatic N) is 1. The Labute approximate surface area is 112 Å². The number of halogens is 2. The van der Waals surface area contributed by atoms with E-state index in [4.69, 9.17) is 0 Å². The molecule has 2 heterocycles. The highest BCUT2D eigenvalue weighted by atomic mass is 35.5. The van der Waals surface area contributed by atoms with E-state index in [1.807, 2.05) is 0 Å². The molecule has 100 valence electrons. The van der Waals surface area contributed by atoms with Crippen LogP contribution in [-0.4, -0.2) is 30.0 Å². The van der Waals surface area contributed by atoms with E-state index in [-0.39, 0.29) is 24.0 Å². The summed E-state index contributed by atoms with van der Waals surface area (Å²) in [4.78, 5) is 15.3. The van der Waals surface area contributed by atoms with Crippen LogP contribution in [0.15, 0.2) is 18.3 Å².